The van der Waals surface area contributed by atoms with E-state index in [0.717, 1.165) is 11.1 Å². The van der Waals surface area contributed by atoms with E-state index in [0.29, 0.717) is 34.5 Å². The average Bonchev–Trinajstić information content (AvgIpc) is 3.38. The number of rotatable bonds is 8. The number of allylic oxidation sites excluding steroid dienone is 2. The second-order valence-electron chi connectivity index (χ2n) is 8.10. The first kappa shape index (κ1) is 24.3. The summed E-state index contributed by atoms with van der Waals surface area (Å²) >= 11 is 7.37. The van der Waals surface area contributed by atoms with Crippen molar-refractivity contribution in [2.75, 3.05) is 25.5 Å². The number of fused-ring (bicyclic) bond motifs is 2. The van der Waals surface area contributed by atoms with Gasteiger partial charge in [0.2, 0.25) is 6.79 Å². The summed E-state index contributed by atoms with van der Waals surface area (Å²) in [5.74, 6) is 2.06. The molecule has 1 amide bonds. The molecule has 0 aliphatic carbocycles. The third kappa shape index (κ3) is 4.81. The van der Waals surface area contributed by atoms with Gasteiger partial charge in [0.05, 0.1) is 7.11 Å². The van der Waals surface area contributed by atoms with Gasteiger partial charge in [0.25, 0.3) is 5.91 Å². The molecular weight excluding hydrogens is 504 g/mol. The van der Waals surface area contributed by atoms with E-state index < -0.39 is 12.0 Å². The molecule has 0 saturated carbocycles. The second-order valence-corrected chi connectivity index (χ2v) is 9.51. The fourth-order valence-corrected chi connectivity index (χ4v) is 5.43. The number of aliphatic imine (C=N–C) groups is 1. The number of β-lactam (4-membered cyclic amide) rings is 1. The molecule has 0 aromatic heterocycles. The minimum Gasteiger partial charge on any atom is -0.497 e. The molecule has 2 aromatic rings. The van der Waals surface area contributed by atoms with Crippen LogP contribution in [0.4, 0.5) is 0 Å². The molecule has 8 nitrogen and oxygen atoms in total. The average molecular weight is 527 g/mol. The number of hydrogen-bond acceptors (Lipinski definition) is 8. The Labute approximate surface area is 217 Å². The van der Waals surface area contributed by atoms with Gasteiger partial charge in [-0.2, -0.15) is 0 Å². The van der Waals surface area contributed by atoms with Crippen LogP contribution in [-0.4, -0.2) is 59.9 Å². The minimum atomic E-state index is -0.594. The zero-order valence-electron chi connectivity index (χ0n) is 19.4. The van der Waals surface area contributed by atoms with Crippen LogP contribution in [0.2, 0.25) is 0 Å². The van der Waals surface area contributed by atoms with Crippen molar-refractivity contribution in [3.63, 3.8) is 0 Å². The summed E-state index contributed by atoms with van der Waals surface area (Å²) in [4.78, 5) is 32.3. The van der Waals surface area contributed by atoms with Gasteiger partial charge in [-0.3, -0.25) is 14.7 Å². The zero-order valence-corrected chi connectivity index (χ0v) is 21.0. The van der Waals surface area contributed by atoms with Crippen molar-refractivity contribution in [3.05, 3.63) is 77.0 Å². The number of thioether (sulfide) groups is 1. The van der Waals surface area contributed by atoms with Crippen LogP contribution in [0.3, 0.4) is 0 Å². The molecule has 10 heteroatoms. The highest BCUT2D eigenvalue weighted by Gasteiger charge is 2.53. The smallest absolute Gasteiger partial charge is 0.355 e. The van der Waals surface area contributed by atoms with Crippen LogP contribution >= 0.6 is 23.4 Å². The summed E-state index contributed by atoms with van der Waals surface area (Å²) in [6.45, 7) is 0.263. The molecule has 0 unspecified atom stereocenters. The van der Waals surface area contributed by atoms with Gasteiger partial charge in [-0.15, -0.1) is 23.4 Å². The van der Waals surface area contributed by atoms with Crippen LogP contribution in [-0.2, 0) is 20.9 Å². The molecule has 0 bridgehead atoms. The highest BCUT2D eigenvalue weighted by molar-refractivity contribution is 8.00. The van der Waals surface area contributed by atoms with Crippen LogP contribution in [0.15, 0.2) is 70.9 Å². The van der Waals surface area contributed by atoms with Crippen LogP contribution < -0.4 is 14.2 Å². The molecular formula is C26H23ClN2O6S. The maximum Gasteiger partial charge on any atom is 0.355 e. The van der Waals surface area contributed by atoms with Gasteiger partial charge in [-0.25, -0.2) is 4.79 Å². The van der Waals surface area contributed by atoms with Gasteiger partial charge in [-0.1, -0.05) is 24.3 Å². The first-order chi connectivity index (χ1) is 17.6. The molecule has 0 spiro atoms. The lowest BCUT2D eigenvalue weighted by Crippen LogP contribution is -2.64. The van der Waals surface area contributed by atoms with Gasteiger partial charge in [0, 0.05) is 17.8 Å². The number of amides is 1. The largest absolute Gasteiger partial charge is 0.497 e. The second kappa shape index (κ2) is 10.7. The van der Waals surface area contributed by atoms with E-state index in [2.05, 4.69) is 4.99 Å². The maximum absolute atomic E-state index is 13.2. The highest BCUT2D eigenvalue weighted by Crippen LogP contribution is 2.42. The van der Waals surface area contributed by atoms with Gasteiger partial charge in [0.1, 0.15) is 23.4 Å². The summed E-state index contributed by atoms with van der Waals surface area (Å²) in [6, 6.07) is 12.1. The third-order valence-electron chi connectivity index (χ3n) is 5.88. The van der Waals surface area contributed by atoms with Crippen LogP contribution in [0.25, 0.3) is 0 Å². The Morgan fingerprint density at radius 3 is 2.81 bits per heavy atom. The molecule has 0 radical (unpaired) electrons. The zero-order chi connectivity index (χ0) is 25.1. The Bertz CT molecular complexity index is 1260. The first-order valence-electron chi connectivity index (χ1n) is 11.2. The topological polar surface area (TPSA) is 86.7 Å². The van der Waals surface area contributed by atoms with Crippen molar-refractivity contribution in [2.24, 2.45) is 4.99 Å². The number of esters is 1. The van der Waals surface area contributed by atoms with Crippen LogP contribution in [0, 0.1) is 0 Å². The number of halogens is 1. The number of hydrogen-bond donors (Lipinski definition) is 0. The number of carbonyl (C=O) groups excluding carboxylic acids is 2. The van der Waals surface area contributed by atoms with Crippen LogP contribution in [0.5, 0.6) is 17.2 Å². The Morgan fingerprint density at radius 2 is 2.03 bits per heavy atom. The van der Waals surface area contributed by atoms with Crippen molar-refractivity contribution in [3.8, 4) is 17.2 Å². The van der Waals surface area contributed by atoms with Crippen LogP contribution in [0.1, 0.15) is 11.1 Å². The van der Waals surface area contributed by atoms with E-state index in [1.807, 2.05) is 30.3 Å². The summed E-state index contributed by atoms with van der Waals surface area (Å²) in [6.07, 6.45) is 5.17. The van der Waals surface area contributed by atoms with Crippen molar-refractivity contribution >= 4 is 41.5 Å². The van der Waals surface area contributed by atoms with Gasteiger partial charge >= 0.3 is 5.97 Å². The monoisotopic (exact) mass is 526 g/mol. The summed E-state index contributed by atoms with van der Waals surface area (Å²) in [7, 11) is 1.59. The molecule has 3 aliphatic heterocycles. The molecule has 2 atom stereocenters. The molecule has 186 valence electrons. The fourth-order valence-electron chi connectivity index (χ4n) is 4.03. The molecule has 5 rings (SSSR count). The SMILES string of the molecule is COc1ccc(COC(=O)C2=C(/C=C\CCl)CS[C@@H]3[C@H](/N=C/c4ccc5c(c4)OCO5)C(=O)N23)cc1. The minimum absolute atomic E-state index is 0.0738. The Hall–Kier alpha value is -3.43. The quantitative estimate of drug-likeness (QED) is 0.223. The van der Waals surface area contributed by atoms with E-state index in [-0.39, 0.29) is 30.4 Å². The molecule has 3 heterocycles. The van der Waals surface area contributed by atoms with E-state index in [9.17, 15) is 9.59 Å². The van der Waals surface area contributed by atoms with E-state index in [4.69, 9.17) is 30.5 Å². The number of methoxy groups -OCH3 is 1. The van der Waals surface area contributed by atoms with Crippen molar-refractivity contribution in [2.45, 2.75) is 18.0 Å². The number of benzene rings is 2. The molecule has 1 saturated heterocycles. The van der Waals surface area contributed by atoms with Gasteiger partial charge in [0.15, 0.2) is 17.5 Å². The third-order valence-corrected chi connectivity index (χ3v) is 7.35. The molecule has 3 aliphatic rings. The summed E-state index contributed by atoms with van der Waals surface area (Å²) < 4.78 is 21.5. The predicted molar refractivity (Wildman–Crippen MR) is 137 cm³/mol. The highest BCUT2D eigenvalue weighted by atomic mass is 35.5. The van der Waals surface area contributed by atoms with Crippen molar-refractivity contribution < 1.29 is 28.5 Å². The number of alkyl halides is 1. The van der Waals surface area contributed by atoms with Crippen molar-refractivity contribution in [1.82, 2.24) is 4.90 Å². The van der Waals surface area contributed by atoms with Gasteiger partial charge < -0.3 is 18.9 Å². The maximum atomic E-state index is 13.2. The van der Waals surface area contributed by atoms with Crippen molar-refractivity contribution in [1.29, 1.82) is 0 Å². The standard InChI is InChI=1S/C26H23ClN2O6S/c1-32-19-7-4-16(5-8-19)13-33-26(31)23-18(3-2-10-27)14-36-25-22(24(30)29(23)25)28-12-17-6-9-20-21(11-17)35-15-34-20/h2-9,11-12,22,25H,10,13-15H2,1H3/b3-2-,28-12+/t22-,25-/m1/s1. The molecule has 1 fully saturated rings. The lowest BCUT2D eigenvalue weighted by atomic mass is 10.0. The fraction of sp³-hybridized carbons (Fsp3) is 0.269. The number of carbonyl (C=O) groups is 2. The normalized spacial score (nSPS) is 20.6. The predicted octanol–water partition coefficient (Wildman–Crippen LogP) is 3.92. The lowest BCUT2D eigenvalue weighted by molar-refractivity contribution is -0.151. The molecule has 2 aromatic carbocycles. The molecule has 36 heavy (non-hydrogen) atoms. The van der Waals surface area contributed by atoms with E-state index >= 15 is 0 Å². The van der Waals surface area contributed by atoms with Gasteiger partial charge in [-0.05, 0) is 47.0 Å². The Kier molecular flexibility index (Phi) is 7.20. The lowest BCUT2D eigenvalue weighted by Gasteiger charge is -2.47. The summed E-state index contributed by atoms with van der Waals surface area (Å²) in [5, 5.41) is -0.292. The number of ether oxygens (including phenoxy) is 4. The van der Waals surface area contributed by atoms with E-state index in [1.54, 1.807) is 49.4 Å². The number of nitrogens with zero attached hydrogens (tertiary/aromatic N) is 2. The molecule has 0 N–H and O–H groups in total. The summed E-state index contributed by atoms with van der Waals surface area (Å²) in [5.41, 5.74) is 2.55. The van der Waals surface area contributed by atoms with E-state index in [1.165, 1.54) is 4.90 Å². The Balaban J connectivity index is 1.31. The first-order valence-corrected chi connectivity index (χ1v) is 12.8. The Morgan fingerprint density at radius 1 is 1.22 bits per heavy atom.